The summed E-state index contributed by atoms with van der Waals surface area (Å²) in [5.74, 6) is 1.76. The summed E-state index contributed by atoms with van der Waals surface area (Å²) in [7, 11) is 0. The minimum Gasteiger partial charge on any atom is -0.330 e. The Balaban J connectivity index is 2.11. The second-order valence-electron chi connectivity index (χ2n) is 3.48. The fraction of sp³-hybridized carbons (Fsp3) is 1.00. The van der Waals surface area contributed by atoms with E-state index in [2.05, 4.69) is 18.7 Å². The van der Waals surface area contributed by atoms with Gasteiger partial charge in [-0.15, -0.1) is 0 Å². The maximum Gasteiger partial charge on any atom is 0.00127 e. The molecule has 66 valence electrons. The molecule has 0 aromatic carbocycles. The zero-order chi connectivity index (χ0) is 8.27. The van der Waals surface area contributed by atoms with Crippen molar-refractivity contribution in [2.45, 2.75) is 20.3 Å². The Labute approximate surface area is 69.8 Å². The number of hydrogen-bond donors (Lipinski definition) is 1. The van der Waals surface area contributed by atoms with Crippen molar-refractivity contribution in [3.05, 3.63) is 0 Å². The van der Waals surface area contributed by atoms with Gasteiger partial charge in [-0.05, 0) is 37.9 Å². The monoisotopic (exact) mass is 156 g/mol. The summed E-state index contributed by atoms with van der Waals surface area (Å²) >= 11 is 0. The Morgan fingerprint density at radius 1 is 1.27 bits per heavy atom. The molecule has 11 heavy (non-hydrogen) atoms. The summed E-state index contributed by atoms with van der Waals surface area (Å²) in [6, 6.07) is 0. The van der Waals surface area contributed by atoms with E-state index in [9.17, 15) is 0 Å². The van der Waals surface area contributed by atoms with E-state index < -0.39 is 0 Å². The van der Waals surface area contributed by atoms with Crippen LogP contribution in [0.2, 0.25) is 0 Å². The highest BCUT2D eigenvalue weighted by Crippen LogP contribution is 2.37. The van der Waals surface area contributed by atoms with Crippen molar-refractivity contribution in [2.24, 2.45) is 17.6 Å². The highest BCUT2D eigenvalue weighted by atomic mass is 15.1. The van der Waals surface area contributed by atoms with Gasteiger partial charge in [-0.1, -0.05) is 13.8 Å². The molecule has 2 N–H and O–H groups in total. The van der Waals surface area contributed by atoms with Crippen LogP contribution in [0.5, 0.6) is 0 Å². The third-order valence-electron chi connectivity index (χ3n) is 2.76. The van der Waals surface area contributed by atoms with Crippen molar-refractivity contribution in [3.8, 4) is 0 Å². The third-order valence-corrected chi connectivity index (χ3v) is 2.76. The topological polar surface area (TPSA) is 29.3 Å². The van der Waals surface area contributed by atoms with Crippen LogP contribution >= 0.6 is 0 Å². The Hall–Kier alpha value is -0.0800. The predicted octanol–water partition coefficient (Wildman–Crippen LogP) is 0.923. The van der Waals surface area contributed by atoms with E-state index in [0.29, 0.717) is 0 Å². The van der Waals surface area contributed by atoms with E-state index in [1.807, 2.05) is 0 Å². The fourth-order valence-electron chi connectivity index (χ4n) is 1.64. The van der Waals surface area contributed by atoms with Crippen molar-refractivity contribution in [1.82, 2.24) is 4.90 Å². The molecule has 1 aliphatic rings. The fourth-order valence-corrected chi connectivity index (χ4v) is 1.64. The van der Waals surface area contributed by atoms with Crippen LogP contribution in [0.15, 0.2) is 0 Å². The van der Waals surface area contributed by atoms with Crippen molar-refractivity contribution < 1.29 is 0 Å². The summed E-state index contributed by atoms with van der Waals surface area (Å²) in [5.41, 5.74) is 5.56. The maximum atomic E-state index is 5.56. The van der Waals surface area contributed by atoms with Gasteiger partial charge in [0.2, 0.25) is 0 Å². The van der Waals surface area contributed by atoms with E-state index in [4.69, 9.17) is 5.73 Å². The van der Waals surface area contributed by atoms with Crippen LogP contribution in [0.25, 0.3) is 0 Å². The van der Waals surface area contributed by atoms with Crippen molar-refractivity contribution >= 4 is 0 Å². The molecule has 0 heterocycles. The Bertz CT molecular complexity index is 110. The summed E-state index contributed by atoms with van der Waals surface area (Å²) in [6.07, 6.45) is 1.37. The quantitative estimate of drug-likeness (QED) is 0.641. The third kappa shape index (κ3) is 2.46. The molecule has 0 bridgehead atoms. The lowest BCUT2D eigenvalue weighted by Gasteiger charge is -2.17. The summed E-state index contributed by atoms with van der Waals surface area (Å²) in [4.78, 5) is 2.49. The van der Waals surface area contributed by atoms with Crippen LogP contribution in [0.1, 0.15) is 20.3 Å². The van der Waals surface area contributed by atoms with E-state index in [-0.39, 0.29) is 0 Å². The molecule has 1 saturated carbocycles. The molecule has 0 spiro atoms. The van der Waals surface area contributed by atoms with Crippen LogP contribution in [-0.2, 0) is 0 Å². The molecule has 0 saturated heterocycles. The van der Waals surface area contributed by atoms with Crippen LogP contribution < -0.4 is 5.73 Å². The maximum absolute atomic E-state index is 5.56. The molecule has 0 aromatic rings. The Morgan fingerprint density at radius 2 is 1.91 bits per heavy atom. The Kier molecular flexibility index (Phi) is 3.34. The first kappa shape index (κ1) is 9.01. The summed E-state index contributed by atoms with van der Waals surface area (Å²) < 4.78 is 0. The standard InChI is InChI=1S/C9H20N2/c1-3-11(4-2)7-9-5-8(9)6-10/h8-9H,3-7,10H2,1-2H3/t8-,9+/m0/s1. The van der Waals surface area contributed by atoms with E-state index in [1.165, 1.54) is 26.1 Å². The normalized spacial score (nSPS) is 29.5. The highest BCUT2D eigenvalue weighted by Gasteiger charge is 2.35. The van der Waals surface area contributed by atoms with Gasteiger partial charge >= 0.3 is 0 Å². The molecule has 2 nitrogen and oxygen atoms in total. The van der Waals surface area contributed by atoms with Gasteiger partial charge in [0.1, 0.15) is 0 Å². The van der Waals surface area contributed by atoms with E-state index in [1.54, 1.807) is 0 Å². The molecule has 0 aromatic heterocycles. The summed E-state index contributed by atoms with van der Waals surface area (Å²) in [6.45, 7) is 8.99. The first-order chi connectivity index (χ1) is 5.31. The molecule has 0 amide bonds. The van der Waals surface area contributed by atoms with Crippen molar-refractivity contribution in [2.75, 3.05) is 26.2 Å². The molecule has 1 rings (SSSR count). The predicted molar refractivity (Wildman–Crippen MR) is 48.4 cm³/mol. The zero-order valence-corrected chi connectivity index (χ0v) is 7.71. The molecule has 2 atom stereocenters. The van der Waals surface area contributed by atoms with Crippen LogP contribution in [0.4, 0.5) is 0 Å². The lowest BCUT2D eigenvalue weighted by molar-refractivity contribution is 0.286. The smallest absolute Gasteiger partial charge is 0.00127 e. The van der Waals surface area contributed by atoms with Gasteiger partial charge in [-0.25, -0.2) is 0 Å². The second-order valence-corrected chi connectivity index (χ2v) is 3.48. The van der Waals surface area contributed by atoms with Crippen molar-refractivity contribution in [1.29, 1.82) is 0 Å². The molecular weight excluding hydrogens is 136 g/mol. The zero-order valence-electron chi connectivity index (χ0n) is 7.71. The molecule has 1 aliphatic carbocycles. The number of rotatable bonds is 5. The van der Waals surface area contributed by atoms with Gasteiger partial charge < -0.3 is 10.6 Å². The number of nitrogens with zero attached hydrogens (tertiary/aromatic N) is 1. The minimum atomic E-state index is 0.843. The van der Waals surface area contributed by atoms with Gasteiger partial charge in [0.05, 0.1) is 0 Å². The Morgan fingerprint density at radius 3 is 2.27 bits per heavy atom. The second kappa shape index (κ2) is 4.07. The lowest BCUT2D eigenvalue weighted by atomic mass is 10.3. The first-order valence-corrected chi connectivity index (χ1v) is 4.74. The van der Waals surface area contributed by atoms with Crippen molar-refractivity contribution in [3.63, 3.8) is 0 Å². The SMILES string of the molecule is CCN(CC)C[C@H]1C[C@H]1CN. The number of hydrogen-bond acceptors (Lipinski definition) is 2. The average molecular weight is 156 g/mol. The van der Waals surface area contributed by atoms with Crippen LogP contribution in [-0.4, -0.2) is 31.1 Å². The average Bonchev–Trinajstić information content (AvgIpc) is 2.78. The van der Waals surface area contributed by atoms with Crippen LogP contribution in [0.3, 0.4) is 0 Å². The van der Waals surface area contributed by atoms with Gasteiger partial charge in [0.25, 0.3) is 0 Å². The molecule has 2 heteroatoms. The van der Waals surface area contributed by atoms with E-state index >= 15 is 0 Å². The van der Waals surface area contributed by atoms with Gasteiger partial charge in [0, 0.05) is 6.54 Å². The molecule has 0 unspecified atom stereocenters. The summed E-state index contributed by atoms with van der Waals surface area (Å²) in [5, 5.41) is 0. The highest BCUT2D eigenvalue weighted by molar-refractivity contribution is 4.88. The van der Waals surface area contributed by atoms with Gasteiger partial charge in [-0.3, -0.25) is 0 Å². The van der Waals surface area contributed by atoms with Crippen LogP contribution in [0, 0.1) is 11.8 Å². The molecule has 1 fully saturated rings. The first-order valence-electron chi connectivity index (χ1n) is 4.74. The minimum absolute atomic E-state index is 0.843. The van der Waals surface area contributed by atoms with Gasteiger partial charge in [0.15, 0.2) is 0 Å². The lowest BCUT2D eigenvalue weighted by Crippen LogP contribution is -2.26. The molecule has 0 aliphatic heterocycles. The largest absolute Gasteiger partial charge is 0.330 e. The van der Waals surface area contributed by atoms with E-state index in [0.717, 1.165) is 18.4 Å². The molecule has 0 radical (unpaired) electrons. The van der Waals surface area contributed by atoms with Gasteiger partial charge in [-0.2, -0.15) is 0 Å². The number of nitrogens with two attached hydrogens (primary N) is 1. The molecular formula is C9H20N2.